The molecule has 2 N–H and O–H groups in total. The van der Waals surface area contributed by atoms with E-state index < -0.39 is 0 Å². The minimum atomic E-state index is -0.298. The standard InChI is InChI=1S/C18H22N4O2S/c1-4-16(23)22-15-8-6-14(7-9-15)12(2)21-17(24)13(3)25-18-19-10-5-11-20-18/h5-13H,4H2,1-3H3,(H,21,24)(H,22,23)/t12-,13+/m1/s1. The lowest BCUT2D eigenvalue weighted by Crippen LogP contribution is -2.33. The van der Waals surface area contributed by atoms with E-state index in [9.17, 15) is 9.59 Å². The molecule has 6 nitrogen and oxygen atoms in total. The molecule has 1 heterocycles. The topological polar surface area (TPSA) is 84.0 Å². The number of hydrogen-bond donors (Lipinski definition) is 2. The second-order valence-corrected chi connectivity index (χ2v) is 6.85. The molecule has 0 saturated heterocycles. The van der Waals surface area contributed by atoms with Gasteiger partial charge in [0, 0.05) is 24.5 Å². The van der Waals surface area contributed by atoms with Crippen LogP contribution >= 0.6 is 11.8 Å². The first-order valence-corrected chi connectivity index (χ1v) is 9.01. The van der Waals surface area contributed by atoms with Crippen LogP contribution in [0.25, 0.3) is 0 Å². The highest BCUT2D eigenvalue weighted by Gasteiger charge is 2.18. The number of anilines is 1. The number of amides is 2. The second kappa shape index (κ2) is 9.17. The van der Waals surface area contributed by atoms with Crippen molar-refractivity contribution < 1.29 is 9.59 Å². The van der Waals surface area contributed by atoms with E-state index in [-0.39, 0.29) is 23.1 Å². The summed E-state index contributed by atoms with van der Waals surface area (Å²) in [6.45, 7) is 5.56. The minimum Gasteiger partial charge on any atom is -0.349 e. The number of benzene rings is 1. The largest absolute Gasteiger partial charge is 0.349 e. The average Bonchev–Trinajstić information content (AvgIpc) is 2.62. The van der Waals surface area contributed by atoms with E-state index >= 15 is 0 Å². The van der Waals surface area contributed by atoms with E-state index in [0.717, 1.165) is 11.3 Å². The fraction of sp³-hybridized carbons (Fsp3) is 0.333. The number of carbonyl (C=O) groups is 2. The Bertz CT molecular complexity index is 707. The molecule has 2 amide bonds. The van der Waals surface area contributed by atoms with Gasteiger partial charge in [0.25, 0.3) is 0 Å². The Hall–Kier alpha value is -2.41. The summed E-state index contributed by atoms with van der Waals surface area (Å²) in [6.07, 6.45) is 3.75. The lowest BCUT2D eigenvalue weighted by atomic mass is 10.1. The molecule has 0 saturated carbocycles. The third-order valence-electron chi connectivity index (χ3n) is 3.57. The Balaban J connectivity index is 1.90. The third-order valence-corrected chi connectivity index (χ3v) is 4.56. The molecule has 0 fully saturated rings. The van der Waals surface area contributed by atoms with Crippen molar-refractivity contribution in [3.63, 3.8) is 0 Å². The van der Waals surface area contributed by atoms with Gasteiger partial charge in [-0.25, -0.2) is 9.97 Å². The van der Waals surface area contributed by atoms with E-state index in [1.807, 2.05) is 38.1 Å². The first-order chi connectivity index (χ1) is 12.0. The first kappa shape index (κ1) is 18.9. The number of rotatable bonds is 7. The maximum atomic E-state index is 12.3. The molecule has 0 aliphatic carbocycles. The van der Waals surface area contributed by atoms with E-state index in [1.54, 1.807) is 25.4 Å². The Morgan fingerprint density at radius 1 is 1.12 bits per heavy atom. The average molecular weight is 358 g/mol. The van der Waals surface area contributed by atoms with Gasteiger partial charge in [0.05, 0.1) is 11.3 Å². The molecule has 2 atom stereocenters. The Morgan fingerprint density at radius 2 is 1.76 bits per heavy atom. The molecule has 0 aliphatic heterocycles. The first-order valence-electron chi connectivity index (χ1n) is 8.13. The minimum absolute atomic E-state index is 0.0249. The number of thioether (sulfide) groups is 1. The molecule has 2 rings (SSSR count). The van der Waals surface area contributed by atoms with Crippen molar-refractivity contribution in [1.82, 2.24) is 15.3 Å². The summed E-state index contributed by atoms with van der Waals surface area (Å²) in [5.41, 5.74) is 1.72. The van der Waals surface area contributed by atoms with Gasteiger partial charge in [0.15, 0.2) is 5.16 Å². The van der Waals surface area contributed by atoms with Crippen LogP contribution in [0, 0.1) is 0 Å². The van der Waals surface area contributed by atoms with Crippen LogP contribution in [-0.2, 0) is 9.59 Å². The summed E-state index contributed by atoms with van der Waals surface area (Å²) < 4.78 is 0. The summed E-state index contributed by atoms with van der Waals surface area (Å²) >= 11 is 1.32. The molecule has 1 aromatic carbocycles. The van der Waals surface area contributed by atoms with Crippen molar-refractivity contribution in [1.29, 1.82) is 0 Å². The van der Waals surface area contributed by atoms with E-state index in [1.165, 1.54) is 11.8 Å². The van der Waals surface area contributed by atoms with Gasteiger partial charge in [0.1, 0.15) is 0 Å². The molecule has 2 aromatic rings. The molecule has 0 bridgehead atoms. The van der Waals surface area contributed by atoms with Crippen LogP contribution in [0.1, 0.15) is 38.8 Å². The van der Waals surface area contributed by atoms with Gasteiger partial charge in [-0.15, -0.1) is 0 Å². The van der Waals surface area contributed by atoms with Crippen LogP contribution in [0.15, 0.2) is 47.9 Å². The van der Waals surface area contributed by atoms with Crippen molar-refractivity contribution in [2.45, 2.75) is 43.6 Å². The smallest absolute Gasteiger partial charge is 0.233 e. The summed E-state index contributed by atoms with van der Waals surface area (Å²) in [5, 5.41) is 6.06. The Morgan fingerprint density at radius 3 is 2.36 bits per heavy atom. The molecule has 132 valence electrons. The predicted molar refractivity (Wildman–Crippen MR) is 99.3 cm³/mol. The molecular weight excluding hydrogens is 336 g/mol. The zero-order valence-electron chi connectivity index (χ0n) is 14.5. The van der Waals surface area contributed by atoms with Crippen LogP contribution < -0.4 is 10.6 Å². The molecular formula is C18H22N4O2S. The van der Waals surface area contributed by atoms with Crippen LogP contribution in [0.3, 0.4) is 0 Å². The summed E-state index contributed by atoms with van der Waals surface area (Å²) in [4.78, 5) is 32.0. The van der Waals surface area contributed by atoms with Crippen LogP contribution in [0.2, 0.25) is 0 Å². The summed E-state index contributed by atoms with van der Waals surface area (Å²) in [6, 6.07) is 9.07. The van der Waals surface area contributed by atoms with Crippen LogP contribution in [0.4, 0.5) is 5.69 Å². The van der Waals surface area contributed by atoms with Crippen molar-refractivity contribution in [2.24, 2.45) is 0 Å². The van der Waals surface area contributed by atoms with Gasteiger partial charge >= 0.3 is 0 Å². The molecule has 25 heavy (non-hydrogen) atoms. The highest BCUT2D eigenvalue weighted by atomic mass is 32.2. The molecule has 0 spiro atoms. The van der Waals surface area contributed by atoms with Crippen LogP contribution in [-0.4, -0.2) is 27.0 Å². The van der Waals surface area contributed by atoms with Gasteiger partial charge in [-0.2, -0.15) is 0 Å². The lowest BCUT2D eigenvalue weighted by molar-refractivity contribution is -0.121. The molecule has 0 unspecified atom stereocenters. The Labute approximate surface area is 151 Å². The molecule has 0 radical (unpaired) electrons. The maximum absolute atomic E-state index is 12.3. The third kappa shape index (κ3) is 5.86. The quantitative estimate of drug-likeness (QED) is 0.587. The van der Waals surface area contributed by atoms with Crippen molar-refractivity contribution >= 4 is 29.3 Å². The number of nitrogens with zero attached hydrogens (tertiary/aromatic N) is 2. The van der Waals surface area contributed by atoms with E-state index in [0.29, 0.717) is 11.6 Å². The van der Waals surface area contributed by atoms with Gasteiger partial charge in [-0.1, -0.05) is 30.8 Å². The lowest BCUT2D eigenvalue weighted by Gasteiger charge is -2.17. The summed E-state index contributed by atoms with van der Waals surface area (Å²) in [7, 11) is 0. The van der Waals surface area contributed by atoms with Crippen molar-refractivity contribution in [3.05, 3.63) is 48.3 Å². The summed E-state index contributed by atoms with van der Waals surface area (Å²) in [5.74, 6) is -0.101. The highest BCUT2D eigenvalue weighted by Crippen LogP contribution is 2.21. The van der Waals surface area contributed by atoms with Gasteiger partial charge in [-0.05, 0) is 37.6 Å². The molecule has 0 aliphatic rings. The highest BCUT2D eigenvalue weighted by molar-refractivity contribution is 8.00. The van der Waals surface area contributed by atoms with Gasteiger partial charge in [-0.3, -0.25) is 9.59 Å². The van der Waals surface area contributed by atoms with E-state index in [2.05, 4.69) is 20.6 Å². The van der Waals surface area contributed by atoms with Gasteiger partial charge in [0.2, 0.25) is 11.8 Å². The fourth-order valence-corrected chi connectivity index (χ4v) is 2.81. The number of carbonyl (C=O) groups excluding carboxylic acids is 2. The number of aromatic nitrogens is 2. The van der Waals surface area contributed by atoms with E-state index in [4.69, 9.17) is 0 Å². The molecule has 1 aromatic heterocycles. The molecule has 7 heteroatoms. The van der Waals surface area contributed by atoms with Crippen molar-refractivity contribution in [3.8, 4) is 0 Å². The number of hydrogen-bond acceptors (Lipinski definition) is 5. The van der Waals surface area contributed by atoms with Gasteiger partial charge < -0.3 is 10.6 Å². The second-order valence-electron chi connectivity index (χ2n) is 5.55. The SMILES string of the molecule is CCC(=O)Nc1ccc([C@@H](C)NC(=O)[C@H](C)Sc2ncccn2)cc1. The zero-order chi connectivity index (χ0) is 18.2. The van der Waals surface area contributed by atoms with Crippen molar-refractivity contribution in [2.75, 3.05) is 5.32 Å². The van der Waals surface area contributed by atoms with Crippen LogP contribution in [0.5, 0.6) is 0 Å². The Kier molecular flexibility index (Phi) is 6.94. The monoisotopic (exact) mass is 358 g/mol. The fourth-order valence-electron chi connectivity index (χ4n) is 2.08. The number of nitrogens with one attached hydrogen (secondary N) is 2. The zero-order valence-corrected chi connectivity index (χ0v) is 15.3. The predicted octanol–water partition coefficient (Wildman–Crippen LogP) is 3.18. The maximum Gasteiger partial charge on any atom is 0.233 e. The normalized spacial score (nSPS) is 12.9.